The Balaban J connectivity index is 1.98. The second-order valence-corrected chi connectivity index (χ2v) is 5.07. The van der Waals surface area contributed by atoms with E-state index in [1.807, 2.05) is 0 Å². The molecular formula is C16H15F3N4O2. The summed E-state index contributed by atoms with van der Waals surface area (Å²) in [5.41, 5.74) is -0.107. The summed E-state index contributed by atoms with van der Waals surface area (Å²) in [6.45, 7) is 3.21. The van der Waals surface area contributed by atoms with Gasteiger partial charge >= 0.3 is 6.18 Å². The van der Waals surface area contributed by atoms with Crippen LogP contribution in [0.5, 0.6) is 0 Å². The number of nitrogens with zero attached hydrogens (tertiary/aromatic N) is 2. The standard InChI is InChI=1S/C16H15F3N4O2/c1-3-14(24)23(2)11-6-4-10(5-7-11)15(25)21-9-13-20-8-12(22-13)16(17,18)19/h3-8H,1,9H2,2H3,(H,20,22)(H,21,25). The lowest BCUT2D eigenvalue weighted by Crippen LogP contribution is -2.25. The molecule has 6 nitrogen and oxygen atoms in total. The summed E-state index contributed by atoms with van der Waals surface area (Å²) in [5, 5.41) is 2.47. The van der Waals surface area contributed by atoms with Gasteiger partial charge in [-0.1, -0.05) is 6.58 Å². The van der Waals surface area contributed by atoms with Gasteiger partial charge in [0.15, 0.2) is 0 Å². The van der Waals surface area contributed by atoms with Crippen molar-refractivity contribution in [3.63, 3.8) is 0 Å². The lowest BCUT2D eigenvalue weighted by Gasteiger charge is -2.15. The number of imidazole rings is 1. The molecule has 0 unspecified atom stereocenters. The number of anilines is 1. The molecule has 0 aliphatic heterocycles. The lowest BCUT2D eigenvalue weighted by molar-refractivity contribution is -0.141. The smallest absolute Gasteiger partial charge is 0.345 e. The van der Waals surface area contributed by atoms with E-state index in [0.29, 0.717) is 17.4 Å². The number of halogens is 3. The maximum Gasteiger partial charge on any atom is 0.432 e. The average molecular weight is 352 g/mol. The van der Waals surface area contributed by atoms with Gasteiger partial charge in [-0.05, 0) is 30.3 Å². The third-order valence-electron chi connectivity index (χ3n) is 3.37. The third-order valence-corrected chi connectivity index (χ3v) is 3.37. The van der Waals surface area contributed by atoms with Gasteiger partial charge in [0.2, 0.25) is 5.91 Å². The summed E-state index contributed by atoms with van der Waals surface area (Å²) >= 11 is 0. The summed E-state index contributed by atoms with van der Waals surface area (Å²) < 4.78 is 37.4. The minimum Gasteiger partial charge on any atom is -0.345 e. The Labute approximate surface area is 141 Å². The molecule has 0 saturated carbocycles. The van der Waals surface area contributed by atoms with Gasteiger partial charge in [0, 0.05) is 18.3 Å². The van der Waals surface area contributed by atoms with Crippen LogP contribution in [0.15, 0.2) is 43.1 Å². The predicted molar refractivity (Wildman–Crippen MR) is 84.8 cm³/mol. The zero-order valence-electron chi connectivity index (χ0n) is 13.2. The number of nitrogens with one attached hydrogen (secondary N) is 2. The Bertz CT molecular complexity index is 781. The molecule has 0 aliphatic carbocycles. The monoisotopic (exact) mass is 352 g/mol. The molecule has 0 bridgehead atoms. The number of carbonyl (C=O) groups excluding carboxylic acids is 2. The predicted octanol–water partition coefficient (Wildman–Crippen LogP) is 2.51. The number of alkyl halides is 3. The Morgan fingerprint density at radius 1 is 1.32 bits per heavy atom. The van der Waals surface area contributed by atoms with Gasteiger partial charge in [0.25, 0.3) is 5.91 Å². The van der Waals surface area contributed by atoms with E-state index in [9.17, 15) is 22.8 Å². The molecule has 2 rings (SSSR count). The van der Waals surface area contributed by atoms with E-state index < -0.39 is 17.8 Å². The van der Waals surface area contributed by atoms with Gasteiger partial charge in [-0.25, -0.2) is 4.98 Å². The highest BCUT2D eigenvalue weighted by atomic mass is 19.4. The van der Waals surface area contributed by atoms with Crippen molar-refractivity contribution < 1.29 is 22.8 Å². The maximum absolute atomic E-state index is 12.5. The maximum atomic E-state index is 12.5. The molecule has 132 valence electrons. The quantitative estimate of drug-likeness (QED) is 0.812. The Hall–Kier alpha value is -3.10. The van der Waals surface area contributed by atoms with E-state index >= 15 is 0 Å². The first-order chi connectivity index (χ1) is 11.7. The van der Waals surface area contributed by atoms with Crippen LogP contribution in [0.3, 0.4) is 0 Å². The van der Waals surface area contributed by atoms with Gasteiger partial charge in [-0.2, -0.15) is 13.2 Å². The lowest BCUT2D eigenvalue weighted by atomic mass is 10.2. The van der Waals surface area contributed by atoms with Crippen molar-refractivity contribution in [2.75, 3.05) is 11.9 Å². The normalized spacial score (nSPS) is 11.0. The van der Waals surface area contributed by atoms with Crippen molar-refractivity contribution in [3.8, 4) is 0 Å². The molecule has 0 saturated heterocycles. The molecule has 0 spiro atoms. The van der Waals surface area contributed by atoms with Crippen molar-refractivity contribution in [2.45, 2.75) is 12.7 Å². The van der Waals surface area contributed by atoms with Crippen LogP contribution >= 0.6 is 0 Å². The number of likely N-dealkylation sites (N-methyl/N-ethyl adjacent to an activating group) is 1. The summed E-state index contributed by atoms with van der Waals surface area (Å²) in [5.74, 6) is -0.779. The molecule has 1 aromatic heterocycles. The van der Waals surface area contributed by atoms with Crippen LogP contribution in [0, 0.1) is 0 Å². The second-order valence-electron chi connectivity index (χ2n) is 5.07. The van der Waals surface area contributed by atoms with Crippen LogP contribution in [-0.2, 0) is 17.5 Å². The average Bonchev–Trinajstić information content (AvgIpc) is 3.08. The largest absolute Gasteiger partial charge is 0.432 e. The number of benzene rings is 1. The summed E-state index contributed by atoms with van der Waals surface area (Å²) in [6, 6.07) is 6.15. The van der Waals surface area contributed by atoms with Crippen molar-refractivity contribution in [2.24, 2.45) is 0 Å². The molecule has 0 fully saturated rings. The molecule has 0 radical (unpaired) electrons. The highest BCUT2D eigenvalue weighted by molar-refractivity contribution is 6.01. The van der Waals surface area contributed by atoms with Crippen LogP contribution in [0.25, 0.3) is 0 Å². The molecule has 2 aromatic rings. The number of rotatable bonds is 5. The summed E-state index contributed by atoms with van der Waals surface area (Å²) in [7, 11) is 1.56. The number of aromatic nitrogens is 2. The first kappa shape index (κ1) is 18.2. The van der Waals surface area contributed by atoms with E-state index in [-0.39, 0.29) is 18.3 Å². The van der Waals surface area contributed by atoms with E-state index in [4.69, 9.17) is 0 Å². The molecular weight excluding hydrogens is 337 g/mol. The number of carbonyl (C=O) groups is 2. The summed E-state index contributed by atoms with van der Waals surface area (Å²) in [4.78, 5) is 30.5. The molecule has 0 aliphatic rings. The van der Waals surface area contributed by atoms with E-state index in [2.05, 4.69) is 21.9 Å². The van der Waals surface area contributed by atoms with Gasteiger partial charge in [-0.15, -0.1) is 0 Å². The van der Waals surface area contributed by atoms with Gasteiger partial charge < -0.3 is 15.2 Å². The first-order valence-corrected chi connectivity index (χ1v) is 7.12. The fourth-order valence-electron chi connectivity index (χ4n) is 1.96. The van der Waals surface area contributed by atoms with E-state index in [1.54, 1.807) is 19.2 Å². The van der Waals surface area contributed by atoms with Crippen LogP contribution < -0.4 is 10.2 Å². The van der Waals surface area contributed by atoms with Crippen LogP contribution in [-0.4, -0.2) is 28.8 Å². The van der Waals surface area contributed by atoms with Crippen molar-refractivity contribution in [1.82, 2.24) is 15.3 Å². The van der Waals surface area contributed by atoms with Crippen LogP contribution in [0.4, 0.5) is 18.9 Å². The topological polar surface area (TPSA) is 78.1 Å². The van der Waals surface area contributed by atoms with Crippen LogP contribution in [0.1, 0.15) is 21.9 Å². The highest BCUT2D eigenvalue weighted by Crippen LogP contribution is 2.27. The molecule has 2 N–H and O–H groups in total. The first-order valence-electron chi connectivity index (χ1n) is 7.12. The zero-order chi connectivity index (χ0) is 18.6. The highest BCUT2D eigenvalue weighted by Gasteiger charge is 2.32. The molecule has 9 heteroatoms. The Morgan fingerprint density at radius 2 is 1.96 bits per heavy atom. The minimum atomic E-state index is -4.51. The molecule has 1 aromatic carbocycles. The van der Waals surface area contributed by atoms with Crippen LogP contribution in [0.2, 0.25) is 0 Å². The number of H-pyrrole nitrogens is 1. The number of hydrogen-bond acceptors (Lipinski definition) is 3. The number of aromatic amines is 1. The third kappa shape index (κ3) is 4.46. The number of hydrogen-bond donors (Lipinski definition) is 2. The molecule has 0 atom stereocenters. The number of amides is 2. The second kappa shape index (κ2) is 7.20. The zero-order valence-corrected chi connectivity index (χ0v) is 13.2. The van der Waals surface area contributed by atoms with Gasteiger partial charge in [0.05, 0.1) is 12.7 Å². The van der Waals surface area contributed by atoms with Gasteiger partial charge in [-0.3, -0.25) is 9.59 Å². The molecule has 25 heavy (non-hydrogen) atoms. The summed E-state index contributed by atoms with van der Waals surface area (Å²) in [6.07, 6.45) is -2.68. The Morgan fingerprint density at radius 3 is 2.48 bits per heavy atom. The Kier molecular flexibility index (Phi) is 5.26. The van der Waals surface area contributed by atoms with Crippen molar-refractivity contribution >= 4 is 17.5 Å². The van der Waals surface area contributed by atoms with E-state index in [0.717, 1.165) is 0 Å². The van der Waals surface area contributed by atoms with Gasteiger partial charge in [0.1, 0.15) is 11.5 Å². The SMILES string of the molecule is C=CC(=O)N(C)c1ccc(C(=O)NCc2ncc(C(F)(F)F)[nH]2)cc1. The fourth-order valence-corrected chi connectivity index (χ4v) is 1.96. The molecule has 1 heterocycles. The van der Waals surface area contributed by atoms with Crippen molar-refractivity contribution in [3.05, 3.63) is 60.2 Å². The van der Waals surface area contributed by atoms with E-state index in [1.165, 1.54) is 23.1 Å². The molecule has 2 amide bonds. The fraction of sp³-hybridized carbons (Fsp3) is 0.188. The minimum absolute atomic E-state index is 0.00592. The van der Waals surface area contributed by atoms with Crippen molar-refractivity contribution in [1.29, 1.82) is 0 Å².